The molecule has 11 nitrogen and oxygen atoms in total. The number of aliphatic hydroxyl groups excluding tert-OH is 2. The van der Waals surface area contributed by atoms with E-state index in [2.05, 4.69) is 44.0 Å². The predicted octanol–water partition coefficient (Wildman–Crippen LogP) is 3.53. The summed E-state index contributed by atoms with van der Waals surface area (Å²) in [7, 11) is 2.11. The molecule has 6 aliphatic heterocycles. The van der Waals surface area contributed by atoms with Crippen LogP contribution in [0.25, 0.3) is 0 Å². The van der Waals surface area contributed by atoms with Gasteiger partial charge in [0.1, 0.15) is 25.0 Å². The van der Waals surface area contributed by atoms with E-state index in [0.717, 1.165) is 43.2 Å². The Labute approximate surface area is 329 Å². The smallest absolute Gasteiger partial charge is 0.362 e. The van der Waals surface area contributed by atoms with Gasteiger partial charge in [0.05, 0.1) is 40.2 Å². The number of carbonyl (C=O) groups excluding carboxylic acids is 3. The number of anilines is 1. The molecular weight excluding hydrogens is 713 g/mol. The molecular formula is C45H59N2O9+. The molecule has 5 bridgehead atoms. The van der Waals surface area contributed by atoms with Crippen LogP contribution in [0.15, 0.2) is 35.9 Å². The van der Waals surface area contributed by atoms with Crippen molar-refractivity contribution in [2.24, 2.45) is 46.3 Å². The minimum atomic E-state index is -1.37. The van der Waals surface area contributed by atoms with E-state index in [4.69, 9.17) is 9.47 Å². The van der Waals surface area contributed by atoms with Crippen LogP contribution < -0.4 is 4.90 Å². The number of nitrogens with zero attached hydrogens (tertiary/aromatic N) is 2. The van der Waals surface area contributed by atoms with Crippen LogP contribution in [0.1, 0.15) is 96.5 Å². The van der Waals surface area contributed by atoms with E-state index in [-0.39, 0.29) is 89.6 Å². The predicted molar refractivity (Wildman–Crippen MR) is 202 cm³/mol. The van der Waals surface area contributed by atoms with Crippen molar-refractivity contribution in [2.75, 3.05) is 25.1 Å². The highest BCUT2D eigenvalue weighted by atomic mass is 16.5. The monoisotopic (exact) mass is 771 g/mol. The average molecular weight is 772 g/mol. The van der Waals surface area contributed by atoms with Crippen LogP contribution in [0.4, 0.5) is 5.69 Å². The fourth-order valence-corrected chi connectivity index (χ4v) is 17.6. The molecule has 4 N–H and O–H groups in total. The van der Waals surface area contributed by atoms with Gasteiger partial charge in [-0.15, -0.1) is 0 Å². The van der Waals surface area contributed by atoms with E-state index in [1.54, 1.807) is 6.08 Å². The number of benzene rings is 1. The topological polar surface area (TPSA) is 154 Å². The molecule has 11 aliphatic rings. The second-order valence-electron chi connectivity index (χ2n) is 20.6. The van der Waals surface area contributed by atoms with Gasteiger partial charge >= 0.3 is 11.9 Å². The zero-order valence-electron chi connectivity index (χ0n) is 33.0. The Hall–Kier alpha value is -2.83. The van der Waals surface area contributed by atoms with Gasteiger partial charge in [-0.1, -0.05) is 32.0 Å². The fraction of sp³-hybridized carbons (Fsp3) is 0.756. The van der Waals surface area contributed by atoms with Crippen molar-refractivity contribution in [2.45, 2.75) is 144 Å². The summed E-state index contributed by atoms with van der Waals surface area (Å²) in [6.45, 7) is 4.56. The van der Waals surface area contributed by atoms with Crippen molar-refractivity contribution >= 4 is 23.9 Å². The number of para-hydroxylation sites is 1. The lowest BCUT2D eigenvalue weighted by molar-refractivity contribution is -1.03. The molecule has 5 aliphatic carbocycles. The van der Waals surface area contributed by atoms with Gasteiger partial charge in [0.25, 0.3) is 0 Å². The number of likely N-dealkylation sites (N-methyl/N-ethyl adjacent to an activating group) is 1. The van der Waals surface area contributed by atoms with Crippen molar-refractivity contribution < 1.29 is 48.8 Å². The summed E-state index contributed by atoms with van der Waals surface area (Å²) >= 11 is 0. The maximum atomic E-state index is 14.5. The lowest BCUT2D eigenvalue weighted by Gasteiger charge is -2.67. The van der Waals surface area contributed by atoms with Crippen molar-refractivity contribution in [1.82, 2.24) is 0 Å². The number of piperidine rings is 4. The Bertz CT molecular complexity index is 1940. The van der Waals surface area contributed by atoms with E-state index in [0.29, 0.717) is 44.9 Å². The van der Waals surface area contributed by atoms with Gasteiger partial charge in [0.15, 0.2) is 12.8 Å². The minimum absolute atomic E-state index is 0.0104. The Balaban J connectivity index is 0.854. The zero-order valence-corrected chi connectivity index (χ0v) is 33.0. The number of ether oxygens (including phenoxy) is 2. The lowest BCUT2D eigenvalue weighted by Crippen LogP contribution is -2.83. The van der Waals surface area contributed by atoms with Gasteiger partial charge in [0.2, 0.25) is 0 Å². The normalized spacial score (nSPS) is 54.1. The molecule has 0 radical (unpaired) electrons. The third-order valence-electron chi connectivity index (χ3n) is 19.6. The first-order valence-electron chi connectivity index (χ1n) is 21.8. The van der Waals surface area contributed by atoms with Gasteiger partial charge in [-0.05, 0) is 98.7 Å². The molecule has 1 spiro atoms. The minimum Gasteiger partial charge on any atom is -0.458 e. The summed E-state index contributed by atoms with van der Waals surface area (Å²) in [6.07, 6.45) is 7.72. The number of hydrogen-bond acceptors (Lipinski definition) is 10. The Morgan fingerprint density at radius 3 is 2.57 bits per heavy atom. The summed E-state index contributed by atoms with van der Waals surface area (Å²) in [5.41, 5.74) is -1.04. The lowest BCUT2D eigenvalue weighted by atomic mass is 9.41. The summed E-state index contributed by atoms with van der Waals surface area (Å²) in [5, 5.41) is 50.1. The summed E-state index contributed by atoms with van der Waals surface area (Å²) in [6, 6.07) is 8.28. The summed E-state index contributed by atoms with van der Waals surface area (Å²) < 4.78 is 11.9. The molecule has 4 saturated heterocycles. The molecule has 18 atom stereocenters. The molecule has 11 heteroatoms. The number of aliphatic hydroxyl groups is 4. The highest BCUT2D eigenvalue weighted by Crippen LogP contribution is 2.73. The standard InChI is InChI=1S/C45H59N2O9/c1-4-26-27-18-33-38-44(31-7-5-6-8-32(31)46(38)3)20-34(37(27)39(44)51)47(33,40(26)52)21-36(50)56-25-9-14-42(23-48)29-10-13-41(2)28(24-17-35(49)55-22-24)12-16-45(41,54)30(29)11-15-43(42,53)19-25/h5-8,17,23,25-30,33-34,37-40,51-54H,4,9-16,18-22H2,1-3H3/q+1/t25-,26-,27+,28+,29-,30+,33+,34+,37-,38+,39+,40-,41-,42+,43+,44+,45+,47-/m1/s1. The highest BCUT2D eigenvalue weighted by molar-refractivity contribution is 5.85. The van der Waals surface area contributed by atoms with E-state index < -0.39 is 45.9 Å². The number of fused-ring (bicyclic) bond motifs is 7. The molecule has 0 amide bonds. The van der Waals surface area contributed by atoms with E-state index in [1.165, 1.54) is 5.56 Å². The van der Waals surface area contributed by atoms with Gasteiger partial charge in [-0.2, -0.15) is 0 Å². The van der Waals surface area contributed by atoms with Crippen LogP contribution in [0, 0.1) is 46.3 Å². The van der Waals surface area contributed by atoms with Gasteiger partial charge in [-0.3, -0.25) is 4.48 Å². The zero-order chi connectivity index (χ0) is 38.9. The molecule has 0 aromatic heterocycles. The Kier molecular flexibility index (Phi) is 7.42. The van der Waals surface area contributed by atoms with E-state index in [9.17, 15) is 34.8 Å². The van der Waals surface area contributed by atoms with Crippen LogP contribution >= 0.6 is 0 Å². The van der Waals surface area contributed by atoms with Crippen LogP contribution in [0.2, 0.25) is 0 Å². The molecule has 302 valence electrons. The van der Waals surface area contributed by atoms with Crippen LogP contribution in [-0.4, -0.2) is 111 Å². The Morgan fingerprint density at radius 1 is 1.04 bits per heavy atom. The van der Waals surface area contributed by atoms with Gasteiger partial charge in [-0.25, -0.2) is 9.59 Å². The largest absolute Gasteiger partial charge is 0.458 e. The number of aldehydes is 1. The fourth-order valence-electron chi connectivity index (χ4n) is 17.6. The molecule has 12 rings (SSSR count). The van der Waals surface area contributed by atoms with Crippen molar-refractivity contribution in [3.63, 3.8) is 0 Å². The molecule has 0 unspecified atom stereocenters. The highest BCUT2D eigenvalue weighted by Gasteiger charge is 2.83. The van der Waals surface area contributed by atoms with Gasteiger partial charge in [0, 0.05) is 55.3 Å². The molecule has 1 aromatic rings. The quantitative estimate of drug-likeness (QED) is 0.192. The van der Waals surface area contributed by atoms with Crippen LogP contribution in [0.5, 0.6) is 0 Å². The molecule has 56 heavy (non-hydrogen) atoms. The molecule has 5 saturated carbocycles. The first-order valence-corrected chi connectivity index (χ1v) is 21.8. The average Bonchev–Trinajstić information content (AvgIpc) is 3.86. The first kappa shape index (κ1) is 36.3. The third-order valence-corrected chi connectivity index (χ3v) is 19.6. The molecule has 6 heterocycles. The number of carbonyl (C=O) groups is 3. The number of cyclic esters (lactones) is 1. The van der Waals surface area contributed by atoms with Crippen molar-refractivity contribution in [3.8, 4) is 0 Å². The maximum Gasteiger partial charge on any atom is 0.362 e. The third kappa shape index (κ3) is 3.92. The van der Waals surface area contributed by atoms with Crippen molar-refractivity contribution in [3.05, 3.63) is 41.5 Å². The van der Waals surface area contributed by atoms with Crippen molar-refractivity contribution in [1.29, 1.82) is 0 Å². The summed E-state index contributed by atoms with van der Waals surface area (Å²) in [4.78, 5) is 42.3. The summed E-state index contributed by atoms with van der Waals surface area (Å²) in [5.74, 6) is -0.852. The van der Waals surface area contributed by atoms with Crippen LogP contribution in [-0.2, 0) is 29.3 Å². The number of esters is 2. The Morgan fingerprint density at radius 2 is 1.82 bits per heavy atom. The second-order valence-corrected chi connectivity index (χ2v) is 20.6. The SMILES string of the molecule is CC[C@@H]1[C@@H]2C[C@H]3[C@@H]4N(C)c5ccccc5[C@@]45C[C@@H]([C@@H]2[C@@H]5O)[N@+]3(CC(=O)O[C@@H]2CC[C@]3(C=O)[C@@H]4CC[C@]5(C)[C@H](C6=CC(=O)OC6)CC[C@]5(O)[C@H]4CC[C@]3(O)C2)[C@@H]1O. The first-order chi connectivity index (χ1) is 26.7. The number of hydrogen-bond donors (Lipinski definition) is 4. The molecule has 9 fully saturated rings. The molecule has 1 aromatic carbocycles. The van der Waals surface area contributed by atoms with Crippen LogP contribution in [0.3, 0.4) is 0 Å². The second kappa shape index (κ2) is 11.5. The van der Waals surface area contributed by atoms with E-state index in [1.807, 2.05) is 6.07 Å². The number of quaternary nitrogens is 1. The number of rotatable bonds is 6. The maximum absolute atomic E-state index is 14.5. The van der Waals surface area contributed by atoms with E-state index >= 15 is 0 Å². The van der Waals surface area contributed by atoms with Gasteiger partial charge < -0.3 is 39.6 Å².